The Hall–Kier alpha value is -2.63. The van der Waals surface area contributed by atoms with Crippen molar-refractivity contribution < 1.29 is 19.1 Å². The lowest BCUT2D eigenvalue weighted by molar-refractivity contribution is -0.139. The zero-order valence-electron chi connectivity index (χ0n) is 12.2. The van der Waals surface area contributed by atoms with Crippen LogP contribution in [0.15, 0.2) is 24.3 Å². The summed E-state index contributed by atoms with van der Waals surface area (Å²) in [5.41, 5.74) is 1.88. The van der Waals surface area contributed by atoms with Gasteiger partial charge in [0.2, 0.25) is 11.8 Å². The maximum Gasteiger partial charge on any atom is 0.309 e. The molecule has 0 aromatic heterocycles. The van der Waals surface area contributed by atoms with Crippen LogP contribution >= 0.6 is 0 Å². The number of rotatable bonds is 5. The molecule has 1 aromatic carbocycles. The minimum atomic E-state index is -0.356. The quantitative estimate of drug-likeness (QED) is 0.814. The summed E-state index contributed by atoms with van der Waals surface area (Å²) in [4.78, 5) is 33.3. The monoisotopic (exact) mass is 290 g/mol. The van der Waals surface area contributed by atoms with Crippen LogP contribution in [0.5, 0.6) is 0 Å². The van der Waals surface area contributed by atoms with E-state index in [2.05, 4.69) is 15.4 Å². The molecular formula is C15H18N2O4. The number of hydrogen-bond donors (Lipinski definition) is 2. The molecule has 0 aliphatic heterocycles. The van der Waals surface area contributed by atoms with Gasteiger partial charge in [-0.05, 0) is 23.8 Å². The largest absolute Gasteiger partial charge is 0.469 e. The Bertz CT molecular complexity index is 579. The van der Waals surface area contributed by atoms with Gasteiger partial charge in [0.25, 0.3) is 0 Å². The van der Waals surface area contributed by atoms with Crippen molar-refractivity contribution in [2.24, 2.45) is 0 Å². The van der Waals surface area contributed by atoms with Crippen LogP contribution in [0.4, 0.5) is 11.4 Å². The number of hydrogen-bond acceptors (Lipinski definition) is 4. The summed E-state index contributed by atoms with van der Waals surface area (Å²) >= 11 is 0. The van der Waals surface area contributed by atoms with Crippen LogP contribution in [0.25, 0.3) is 6.08 Å². The summed E-state index contributed by atoms with van der Waals surface area (Å²) < 4.78 is 4.54. The molecule has 0 bridgehead atoms. The number of nitrogens with one attached hydrogen (secondary N) is 2. The van der Waals surface area contributed by atoms with Crippen molar-refractivity contribution in [2.75, 3.05) is 17.7 Å². The van der Waals surface area contributed by atoms with E-state index in [0.29, 0.717) is 16.9 Å². The van der Waals surface area contributed by atoms with Gasteiger partial charge in [-0.15, -0.1) is 0 Å². The molecule has 112 valence electrons. The zero-order chi connectivity index (χ0) is 15.8. The number of carbonyl (C=O) groups excluding carboxylic acids is 3. The molecule has 0 heterocycles. The van der Waals surface area contributed by atoms with Gasteiger partial charge in [-0.1, -0.05) is 12.2 Å². The Balaban J connectivity index is 3.00. The van der Waals surface area contributed by atoms with Crippen LogP contribution in [0.1, 0.15) is 25.8 Å². The second-order valence-electron chi connectivity index (χ2n) is 4.35. The molecule has 0 fully saturated rings. The molecule has 1 aromatic rings. The third-order valence-electron chi connectivity index (χ3n) is 2.49. The molecule has 6 heteroatoms. The lowest BCUT2D eigenvalue weighted by Crippen LogP contribution is -2.09. The molecule has 2 amide bonds. The molecule has 1 rings (SSSR count). The van der Waals surface area contributed by atoms with Gasteiger partial charge in [-0.25, -0.2) is 0 Å². The molecule has 0 aliphatic carbocycles. The summed E-state index contributed by atoms with van der Waals surface area (Å²) in [6.45, 7) is 2.82. The van der Waals surface area contributed by atoms with Gasteiger partial charge >= 0.3 is 5.97 Å². The number of amides is 2. The molecule has 0 atom stereocenters. The first-order valence-electron chi connectivity index (χ1n) is 6.35. The summed E-state index contributed by atoms with van der Waals surface area (Å²) in [5, 5.41) is 5.35. The number of ether oxygens (including phenoxy) is 1. The average molecular weight is 290 g/mol. The maximum absolute atomic E-state index is 11.2. The van der Waals surface area contributed by atoms with Gasteiger partial charge in [0.1, 0.15) is 0 Å². The first-order chi connectivity index (χ1) is 9.92. The van der Waals surface area contributed by atoms with Gasteiger partial charge in [0.15, 0.2) is 0 Å². The summed E-state index contributed by atoms with van der Waals surface area (Å²) in [6, 6.07) is 5.08. The van der Waals surface area contributed by atoms with E-state index in [0.717, 1.165) is 0 Å². The lowest BCUT2D eigenvalue weighted by atomic mass is 10.1. The van der Waals surface area contributed by atoms with E-state index >= 15 is 0 Å². The lowest BCUT2D eigenvalue weighted by Gasteiger charge is -2.10. The van der Waals surface area contributed by atoms with Gasteiger partial charge in [-0.3, -0.25) is 14.4 Å². The van der Waals surface area contributed by atoms with Crippen LogP contribution in [0.3, 0.4) is 0 Å². The van der Waals surface area contributed by atoms with E-state index in [4.69, 9.17) is 0 Å². The smallest absolute Gasteiger partial charge is 0.309 e. The van der Waals surface area contributed by atoms with Gasteiger partial charge in [0.05, 0.1) is 13.5 Å². The van der Waals surface area contributed by atoms with Crippen LogP contribution < -0.4 is 10.6 Å². The fourth-order valence-electron chi connectivity index (χ4n) is 1.65. The highest BCUT2D eigenvalue weighted by molar-refractivity contribution is 5.93. The third kappa shape index (κ3) is 5.90. The standard InChI is InChI=1S/C15H18N2O4/c1-10(18)16-13-7-8-14(17-11(2)19)12(9-13)5-4-6-15(20)21-3/h4-5,7-9H,6H2,1-3H3,(H,16,18)(H,17,19)/b5-4+. The molecule has 2 N–H and O–H groups in total. The zero-order valence-corrected chi connectivity index (χ0v) is 12.2. The molecule has 21 heavy (non-hydrogen) atoms. The molecule has 0 spiro atoms. The van der Waals surface area contributed by atoms with Gasteiger partial charge < -0.3 is 15.4 Å². The Morgan fingerprint density at radius 2 is 1.81 bits per heavy atom. The number of carbonyl (C=O) groups is 3. The first kappa shape index (κ1) is 16.4. The van der Waals surface area contributed by atoms with E-state index in [9.17, 15) is 14.4 Å². The first-order valence-corrected chi connectivity index (χ1v) is 6.35. The van der Waals surface area contributed by atoms with Crippen LogP contribution in [-0.2, 0) is 19.1 Å². The van der Waals surface area contributed by atoms with Crippen molar-refractivity contribution in [2.45, 2.75) is 20.3 Å². The normalized spacial score (nSPS) is 10.2. The summed E-state index contributed by atoms with van der Waals surface area (Å²) in [6.07, 6.45) is 3.44. The minimum absolute atomic E-state index is 0.125. The van der Waals surface area contributed by atoms with Crippen molar-refractivity contribution in [3.05, 3.63) is 29.8 Å². The Labute approximate surface area is 123 Å². The van der Waals surface area contributed by atoms with Crippen LogP contribution in [0.2, 0.25) is 0 Å². The number of benzene rings is 1. The molecule has 6 nitrogen and oxygen atoms in total. The minimum Gasteiger partial charge on any atom is -0.469 e. The van der Waals surface area contributed by atoms with Crippen molar-refractivity contribution >= 4 is 35.2 Å². The highest BCUT2D eigenvalue weighted by atomic mass is 16.5. The van der Waals surface area contributed by atoms with Gasteiger partial charge in [-0.2, -0.15) is 0 Å². The number of esters is 1. The van der Waals surface area contributed by atoms with Crippen molar-refractivity contribution in [3.63, 3.8) is 0 Å². The predicted molar refractivity (Wildman–Crippen MR) is 80.7 cm³/mol. The third-order valence-corrected chi connectivity index (χ3v) is 2.49. The molecule has 0 saturated carbocycles. The molecule has 0 saturated heterocycles. The van der Waals surface area contributed by atoms with Crippen molar-refractivity contribution in [1.29, 1.82) is 0 Å². The SMILES string of the molecule is COC(=O)C/C=C/c1cc(NC(C)=O)ccc1NC(C)=O. The van der Waals surface area contributed by atoms with E-state index in [1.54, 1.807) is 30.4 Å². The second kappa shape index (κ2) is 7.84. The van der Waals surface area contributed by atoms with Crippen LogP contribution in [0, 0.1) is 0 Å². The summed E-state index contributed by atoms with van der Waals surface area (Å²) in [7, 11) is 1.32. The van der Waals surface area contributed by atoms with Gasteiger partial charge in [0, 0.05) is 25.2 Å². The van der Waals surface area contributed by atoms with E-state index in [1.165, 1.54) is 21.0 Å². The van der Waals surface area contributed by atoms with E-state index in [-0.39, 0.29) is 24.2 Å². The second-order valence-corrected chi connectivity index (χ2v) is 4.35. The Morgan fingerprint density at radius 3 is 2.38 bits per heavy atom. The fourth-order valence-corrected chi connectivity index (χ4v) is 1.65. The number of methoxy groups -OCH3 is 1. The molecule has 0 radical (unpaired) electrons. The maximum atomic E-state index is 11.2. The van der Waals surface area contributed by atoms with E-state index in [1.807, 2.05) is 0 Å². The highest BCUT2D eigenvalue weighted by Gasteiger charge is 2.05. The van der Waals surface area contributed by atoms with E-state index < -0.39 is 0 Å². The molecular weight excluding hydrogens is 272 g/mol. The topological polar surface area (TPSA) is 84.5 Å². The number of anilines is 2. The Morgan fingerprint density at radius 1 is 1.14 bits per heavy atom. The Kier molecular flexibility index (Phi) is 6.13. The molecule has 0 aliphatic rings. The highest BCUT2D eigenvalue weighted by Crippen LogP contribution is 2.22. The predicted octanol–water partition coefficient (Wildman–Crippen LogP) is 2.18. The summed E-state index contributed by atoms with van der Waals surface area (Å²) in [5.74, 6) is -0.748. The van der Waals surface area contributed by atoms with Crippen molar-refractivity contribution in [1.82, 2.24) is 0 Å². The fraction of sp³-hybridized carbons (Fsp3) is 0.267. The van der Waals surface area contributed by atoms with Crippen LogP contribution in [-0.4, -0.2) is 24.9 Å². The molecule has 0 unspecified atom stereocenters. The average Bonchev–Trinajstić information content (AvgIpc) is 2.40. The van der Waals surface area contributed by atoms with Crippen molar-refractivity contribution in [3.8, 4) is 0 Å².